The minimum Gasteiger partial charge on any atom is -0.443 e. The van der Waals surface area contributed by atoms with Crippen LogP contribution in [0, 0.1) is 0 Å². The average molecular weight is 303 g/mol. The average Bonchev–Trinajstić information content (AvgIpc) is 3.04. The van der Waals surface area contributed by atoms with Gasteiger partial charge >= 0.3 is 6.09 Å². The van der Waals surface area contributed by atoms with Crippen LogP contribution >= 0.6 is 0 Å². The lowest BCUT2D eigenvalue weighted by Crippen LogP contribution is -2.35. The van der Waals surface area contributed by atoms with Gasteiger partial charge < -0.3 is 15.4 Å². The largest absolute Gasteiger partial charge is 0.443 e. The molecule has 0 spiro atoms. The zero-order chi connectivity index (χ0) is 15.9. The van der Waals surface area contributed by atoms with Crippen molar-refractivity contribution in [3.8, 4) is 0 Å². The summed E-state index contributed by atoms with van der Waals surface area (Å²) in [7, 11) is 0. The number of hydrogen-bond acceptors (Lipinski definition) is 4. The summed E-state index contributed by atoms with van der Waals surface area (Å²) in [6.45, 7) is 4.88. The molecule has 22 heavy (non-hydrogen) atoms. The molecule has 1 aromatic carbocycles. The number of nitrogens with two attached hydrogens (primary N) is 1. The van der Waals surface area contributed by atoms with Gasteiger partial charge in [0.2, 0.25) is 5.91 Å². The molecule has 2 N–H and O–H groups in total. The smallest absolute Gasteiger partial charge is 0.414 e. The van der Waals surface area contributed by atoms with Crippen LogP contribution in [0.15, 0.2) is 18.2 Å². The van der Waals surface area contributed by atoms with Crippen molar-refractivity contribution in [2.24, 2.45) is 5.73 Å². The zero-order valence-corrected chi connectivity index (χ0v) is 12.9. The van der Waals surface area contributed by atoms with Gasteiger partial charge in [-0.05, 0) is 37.1 Å². The SMILES string of the molecule is CC[C@@H](C)N1C(=O)Cc2cc(N3CC(CN)OC3=O)ccc21. The molecule has 2 atom stereocenters. The molecule has 0 saturated carbocycles. The Bertz CT molecular complexity index is 617. The molecule has 118 valence electrons. The summed E-state index contributed by atoms with van der Waals surface area (Å²) in [5.74, 6) is 0.116. The molecule has 0 bridgehead atoms. The molecule has 2 heterocycles. The molecule has 3 rings (SSSR count). The van der Waals surface area contributed by atoms with Gasteiger partial charge in [-0.25, -0.2) is 4.79 Å². The highest BCUT2D eigenvalue weighted by Crippen LogP contribution is 2.35. The van der Waals surface area contributed by atoms with E-state index in [0.29, 0.717) is 19.5 Å². The number of carbonyl (C=O) groups excluding carboxylic acids is 2. The molecular formula is C16H21N3O3. The first kappa shape index (κ1) is 14.8. The molecule has 0 radical (unpaired) electrons. The predicted molar refractivity (Wildman–Crippen MR) is 84.1 cm³/mol. The van der Waals surface area contributed by atoms with Crippen LogP contribution in [0.1, 0.15) is 25.8 Å². The van der Waals surface area contributed by atoms with E-state index in [4.69, 9.17) is 10.5 Å². The number of anilines is 2. The van der Waals surface area contributed by atoms with Crippen molar-refractivity contribution in [3.63, 3.8) is 0 Å². The Morgan fingerprint density at radius 1 is 1.41 bits per heavy atom. The number of benzene rings is 1. The van der Waals surface area contributed by atoms with Crippen LogP contribution in [-0.4, -0.2) is 37.2 Å². The number of rotatable bonds is 4. The third-order valence-electron chi connectivity index (χ3n) is 4.41. The second-order valence-electron chi connectivity index (χ2n) is 5.86. The maximum Gasteiger partial charge on any atom is 0.414 e. The van der Waals surface area contributed by atoms with Crippen molar-refractivity contribution in [1.29, 1.82) is 0 Å². The maximum atomic E-state index is 12.2. The van der Waals surface area contributed by atoms with E-state index in [0.717, 1.165) is 23.4 Å². The van der Waals surface area contributed by atoms with Crippen molar-refractivity contribution in [1.82, 2.24) is 0 Å². The molecule has 6 heteroatoms. The van der Waals surface area contributed by atoms with Crippen LogP contribution in [-0.2, 0) is 16.0 Å². The zero-order valence-electron chi connectivity index (χ0n) is 12.9. The quantitative estimate of drug-likeness (QED) is 0.918. The molecule has 0 aliphatic carbocycles. The molecule has 1 aromatic rings. The fourth-order valence-electron chi connectivity index (χ4n) is 3.02. The first-order chi connectivity index (χ1) is 10.5. The van der Waals surface area contributed by atoms with Crippen LogP contribution in [0.3, 0.4) is 0 Å². The lowest BCUT2D eigenvalue weighted by Gasteiger charge is -2.24. The number of hydrogen-bond donors (Lipinski definition) is 1. The second kappa shape index (κ2) is 5.61. The predicted octanol–water partition coefficient (Wildman–Crippen LogP) is 1.66. The normalized spacial score (nSPS) is 22.0. The van der Waals surface area contributed by atoms with Crippen molar-refractivity contribution in [2.75, 3.05) is 22.9 Å². The second-order valence-corrected chi connectivity index (χ2v) is 5.86. The van der Waals surface area contributed by atoms with E-state index >= 15 is 0 Å². The van der Waals surface area contributed by atoms with E-state index in [1.807, 2.05) is 30.0 Å². The van der Waals surface area contributed by atoms with Gasteiger partial charge in [-0.3, -0.25) is 9.69 Å². The van der Waals surface area contributed by atoms with Crippen molar-refractivity contribution < 1.29 is 14.3 Å². The number of amides is 2. The van der Waals surface area contributed by atoms with Crippen LogP contribution in [0.25, 0.3) is 0 Å². The Morgan fingerprint density at radius 2 is 2.18 bits per heavy atom. The number of cyclic esters (lactones) is 1. The van der Waals surface area contributed by atoms with Gasteiger partial charge in [-0.2, -0.15) is 0 Å². The van der Waals surface area contributed by atoms with Crippen LogP contribution < -0.4 is 15.5 Å². The Hall–Kier alpha value is -2.08. The Labute approximate surface area is 129 Å². The van der Waals surface area contributed by atoms with E-state index in [1.54, 1.807) is 4.90 Å². The van der Waals surface area contributed by atoms with Crippen LogP contribution in [0.5, 0.6) is 0 Å². The van der Waals surface area contributed by atoms with E-state index in [1.165, 1.54) is 0 Å². The Balaban J connectivity index is 1.89. The van der Waals surface area contributed by atoms with Gasteiger partial charge in [-0.1, -0.05) is 6.92 Å². The highest BCUT2D eigenvalue weighted by Gasteiger charge is 2.34. The summed E-state index contributed by atoms with van der Waals surface area (Å²) >= 11 is 0. The monoisotopic (exact) mass is 303 g/mol. The lowest BCUT2D eigenvalue weighted by atomic mass is 10.1. The topological polar surface area (TPSA) is 75.9 Å². The van der Waals surface area contributed by atoms with Crippen LogP contribution in [0.4, 0.5) is 16.2 Å². The highest BCUT2D eigenvalue weighted by atomic mass is 16.6. The van der Waals surface area contributed by atoms with Crippen molar-refractivity contribution in [2.45, 2.75) is 38.8 Å². The molecular weight excluding hydrogens is 282 g/mol. The van der Waals surface area contributed by atoms with E-state index in [2.05, 4.69) is 6.92 Å². The summed E-state index contributed by atoms with van der Waals surface area (Å²) in [5.41, 5.74) is 8.23. The third-order valence-corrected chi connectivity index (χ3v) is 4.41. The Morgan fingerprint density at radius 3 is 2.82 bits per heavy atom. The van der Waals surface area contributed by atoms with Gasteiger partial charge in [0.25, 0.3) is 0 Å². The minimum absolute atomic E-state index is 0.116. The Kier molecular flexibility index (Phi) is 3.78. The van der Waals surface area contributed by atoms with E-state index in [-0.39, 0.29) is 24.1 Å². The van der Waals surface area contributed by atoms with Crippen LogP contribution in [0.2, 0.25) is 0 Å². The number of fused-ring (bicyclic) bond motifs is 1. The highest BCUT2D eigenvalue weighted by molar-refractivity contribution is 6.02. The molecule has 6 nitrogen and oxygen atoms in total. The van der Waals surface area contributed by atoms with Gasteiger partial charge in [0.15, 0.2) is 0 Å². The molecule has 2 amide bonds. The molecule has 1 saturated heterocycles. The molecule has 0 aromatic heterocycles. The maximum absolute atomic E-state index is 12.2. The molecule has 2 aliphatic heterocycles. The lowest BCUT2D eigenvalue weighted by molar-refractivity contribution is -0.117. The van der Waals surface area contributed by atoms with E-state index in [9.17, 15) is 9.59 Å². The minimum atomic E-state index is -0.376. The molecule has 1 fully saturated rings. The number of carbonyl (C=O) groups is 2. The van der Waals surface area contributed by atoms with Crippen molar-refractivity contribution in [3.05, 3.63) is 23.8 Å². The van der Waals surface area contributed by atoms with Gasteiger partial charge in [0.1, 0.15) is 6.10 Å². The van der Waals surface area contributed by atoms with Crippen molar-refractivity contribution >= 4 is 23.4 Å². The van der Waals surface area contributed by atoms with Gasteiger partial charge in [0.05, 0.1) is 13.0 Å². The first-order valence-electron chi connectivity index (χ1n) is 7.68. The third kappa shape index (κ3) is 2.33. The summed E-state index contributed by atoms with van der Waals surface area (Å²) in [6.07, 6.45) is 0.651. The number of ether oxygens (including phenoxy) is 1. The van der Waals surface area contributed by atoms with E-state index < -0.39 is 0 Å². The molecule has 1 unspecified atom stereocenters. The fraction of sp³-hybridized carbons (Fsp3) is 0.500. The number of nitrogens with zero attached hydrogens (tertiary/aromatic N) is 2. The summed E-state index contributed by atoms with van der Waals surface area (Å²) in [5, 5.41) is 0. The van der Waals surface area contributed by atoms with Gasteiger partial charge in [0, 0.05) is 24.0 Å². The molecule has 2 aliphatic rings. The summed E-state index contributed by atoms with van der Waals surface area (Å²) in [4.78, 5) is 27.6. The fourth-order valence-corrected chi connectivity index (χ4v) is 3.02. The summed E-state index contributed by atoms with van der Waals surface area (Å²) in [6, 6.07) is 5.88. The van der Waals surface area contributed by atoms with Gasteiger partial charge in [-0.15, -0.1) is 0 Å². The summed E-state index contributed by atoms with van der Waals surface area (Å²) < 4.78 is 5.18. The first-order valence-corrected chi connectivity index (χ1v) is 7.68. The standard InChI is InChI=1S/C16H21N3O3/c1-3-10(2)19-14-5-4-12(6-11(14)7-15(19)20)18-9-13(8-17)22-16(18)21/h4-6,10,13H,3,7-9,17H2,1-2H3/t10-,13?/m1/s1.